The van der Waals surface area contributed by atoms with Crippen molar-refractivity contribution in [1.29, 1.82) is 0 Å². The van der Waals surface area contributed by atoms with Crippen LogP contribution >= 0.6 is 0 Å². The van der Waals surface area contributed by atoms with Crippen LogP contribution in [0.3, 0.4) is 0 Å². The number of rotatable bonds is 3. The van der Waals surface area contributed by atoms with Gasteiger partial charge < -0.3 is 0 Å². The van der Waals surface area contributed by atoms with E-state index in [2.05, 4.69) is 41.0 Å². The lowest BCUT2D eigenvalue weighted by Crippen LogP contribution is -2.05. The summed E-state index contributed by atoms with van der Waals surface area (Å²) < 4.78 is 0. The van der Waals surface area contributed by atoms with Crippen LogP contribution in [0.4, 0.5) is 0 Å². The smallest absolute Gasteiger partial charge is 0.0332 e. The quantitative estimate of drug-likeness (QED) is 0.562. The van der Waals surface area contributed by atoms with Crippen LogP contribution in [0.2, 0.25) is 0 Å². The van der Waals surface area contributed by atoms with E-state index in [1.54, 1.807) is 0 Å². The highest BCUT2D eigenvalue weighted by molar-refractivity contribution is 4.80. The minimum absolute atomic E-state index is 0.412. The van der Waals surface area contributed by atoms with Crippen LogP contribution in [0.1, 0.15) is 47.5 Å². The van der Waals surface area contributed by atoms with Crippen molar-refractivity contribution >= 4 is 0 Å². The summed E-state index contributed by atoms with van der Waals surface area (Å²) in [4.78, 5) is 0. The molecule has 61 valence electrons. The molecule has 0 saturated heterocycles. The molecule has 0 bridgehead atoms. The Hall–Kier alpha value is 0. The van der Waals surface area contributed by atoms with Crippen molar-refractivity contribution in [3.8, 4) is 0 Å². The molecule has 0 amide bonds. The number of hydrogen-bond donors (Lipinski definition) is 0. The van der Waals surface area contributed by atoms with Crippen molar-refractivity contribution in [3.63, 3.8) is 0 Å². The van der Waals surface area contributed by atoms with Gasteiger partial charge in [-0.1, -0.05) is 41.0 Å². The third-order valence-electron chi connectivity index (χ3n) is 1.50. The highest BCUT2D eigenvalue weighted by Gasteiger charge is 2.09. The van der Waals surface area contributed by atoms with Gasteiger partial charge >= 0.3 is 0 Å². The van der Waals surface area contributed by atoms with Crippen molar-refractivity contribution in [2.45, 2.75) is 47.5 Å². The van der Waals surface area contributed by atoms with Gasteiger partial charge in [-0.25, -0.2) is 0 Å². The fraction of sp³-hybridized carbons (Fsp3) is 0.900. The van der Waals surface area contributed by atoms with E-state index in [0.717, 1.165) is 5.92 Å². The maximum Gasteiger partial charge on any atom is -0.0332 e. The van der Waals surface area contributed by atoms with Crippen LogP contribution in [-0.2, 0) is 0 Å². The van der Waals surface area contributed by atoms with Crippen molar-refractivity contribution in [1.82, 2.24) is 0 Å². The Morgan fingerprint density at radius 1 is 1.20 bits per heavy atom. The van der Waals surface area contributed by atoms with Crippen LogP contribution < -0.4 is 0 Å². The first-order valence-corrected chi connectivity index (χ1v) is 4.26. The van der Waals surface area contributed by atoms with E-state index in [0.29, 0.717) is 5.41 Å². The summed E-state index contributed by atoms with van der Waals surface area (Å²) in [6.07, 6.45) is 5.01. The Labute approximate surface area is 66.0 Å². The van der Waals surface area contributed by atoms with Crippen LogP contribution in [0.5, 0.6) is 0 Å². The molecule has 0 aromatic rings. The average Bonchev–Trinajstić information content (AvgIpc) is 1.59. The Morgan fingerprint density at radius 2 is 1.70 bits per heavy atom. The van der Waals surface area contributed by atoms with Gasteiger partial charge in [-0.15, -0.1) is 0 Å². The van der Waals surface area contributed by atoms with E-state index >= 15 is 0 Å². The first kappa shape index (κ1) is 10.0. The van der Waals surface area contributed by atoms with Gasteiger partial charge in [0.05, 0.1) is 0 Å². The summed E-state index contributed by atoms with van der Waals surface area (Å²) in [6, 6.07) is 0. The third-order valence-corrected chi connectivity index (χ3v) is 1.50. The summed E-state index contributed by atoms with van der Waals surface area (Å²) in [6.45, 7) is 11.3. The van der Waals surface area contributed by atoms with Gasteiger partial charge in [0.15, 0.2) is 0 Å². The molecule has 0 N–H and O–H groups in total. The summed E-state index contributed by atoms with van der Waals surface area (Å²) >= 11 is 0. The molecule has 0 unspecified atom stereocenters. The van der Waals surface area contributed by atoms with Crippen molar-refractivity contribution in [2.75, 3.05) is 0 Å². The van der Waals surface area contributed by atoms with E-state index in [1.807, 2.05) is 0 Å². The largest absolute Gasteiger partial charge is 0.0628 e. The fourth-order valence-corrected chi connectivity index (χ4v) is 0.850. The minimum Gasteiger partial charge on any atom is -0.0628 e. The predicted molar refractivity (Wildman–Crippen MR) is 47.8 cm³/mol. The molecule has 0 spiro atoms. The monoisotopic (exact) mass is 141 g/mol. The molecule has 0 atom stereocenters. The molecule has 0 aromatic heterocycles. The first-order chi connectivity index (χ1) is 4.42. The molecule has 0 heterocycles. The van der Waals surface area contributed by atoms with Gasteiger partial charge in [0.2, 0.25) is 0 Å². The van der Waals surface area contributed by atoms with Gasteiger partial charge in [-0.05, 0) is 24.2 Å². The zero-order valence-corrected chi connectivity index (χ0v) is 8.07. The molecule has 0 nitrogen and oxygen atoms in total. The molecule has 0 aliphatic carbocycles. The number of hydrogen-bond acceptors (Lipinski definition) is 0. The lowest BCUT2D eigenvalue weighted by Gasteiger charge is -2.17. The Balaban J connectivity index is 3.21. The highest BCUT2D eigenvalue weighted by Crippen LogP contribution is 2.21. The minimum atomic E-state index is 0.412. The molecule has 0 heteroatoms. The average molecular weight is 141 g/mol. The van der Waals surface area contributed by atoms with Gasteiger partial charge in [0, 0.05) is 0 Å². The van der Waals surface area contributed by atoms with Crippen LogP contribution in [0.15, 0.2) is 0 Å². The molecule has 0 fully saturated rings. The van der Waals surface area contributed by atoms with Crippen LogP contribution in [-0.4, -0.2) is 0 Å². The Bertz CT molecular complexity index is 74.5. The fourth-order valence-electron chi connectivity index (χ4n) is 0.850. The molecule has 0 aromatic carbocycles. The first-order valence-electron chi connectivity index (χ1n) is 4.26. The van der Waals surface area contributed by atoms with Crippen LogP contribution in [0, 0.1) is 17.8 Å². The molecule has 10 heavy (non-hydrogen) atoms. The molecular weight excluding hydrogens is 120 g/mol. The summed E-state index contributed by atoms with van der Waals surface area (Å²) in [5.74, 6) is 0.846. The maximum atomic E-state index is 2.41. The standard InChI is InChI=1S/C10H21/c1-9(2)7-6-8-10(3,4)5/h8-9H,6-7H2,1-5H3. The summed E-state index contributed by atoms with van der Waals surface area (Å²) in [5.41, 5.74) is 0.412. The Kier molecular flexibility index (Phi) is 4.00. The zero-order chi connectivity index (χ0) is 8.20. The lowest BCUT2D eigenvalue weighted by atomic mass is 9.88. The summed E-state index contributed by atoms with van der Waals surface area (Å²) in [5, 5.41) is 0. The predicted octanol–water partition coefficient (Wildman–Crippen LogP) is 3.67. The molecular formula is C10H21. The Morgan fingerprint density at radius 3 is 2.00 bits per heavy atom. The van der Waals surface area contributed by atoms with Gasteiger partial charge in [0.25, 0.3) is 0 Å². The SMILES string of the molecule is CC(C)CC[CH]C(C)(C)C. The third kappa shape index (κ3) is 8.00. The van der Waals surface area contributed by atoms with Crippen LogP contribution in [0.25, 0.3) is 0 Å². The van der Waals surface area contributed by atoms with E-state index < -0.39 is 0 Å². The molecule has 0 aliphatic heterocycles. The molecule has 0 rings (SSSR count). The van der Waals surface area contributed by atoms with E-state index in [4.69, 9.17) is 0 Å². The topological polar surface area (TPSA) is 0 Å². The molecule has 1 radical (unpaired) electrons. The van der Waals surface area contributed by atoms with Crippen molar-refractivity contribution in [2.24, 2.45) is 11.3 Å². The second-order valence-corrected chi connectivity index (χ2v) is 4.54. The lowest BCUT2D eigenvalue weighted by molar-refractivity contribution is 0.449. The van der Waals surface area contributed by atoms with Gasteiger partial charge in [-0.3, -0.25) is 0 Å². The second kappa shape index (κ2) is 4.00. The normalized spacial score (nSPS) is 12.6. The maximum absolute atomic E-state index is 2.41. The van der Waals surface area contributed by atoms with E-state index in [-0.39, 0.29) is 0 Å². The van der Waals surface area contributed by atoms with Gasteiger partial charge in [-0.2, -0.15) is 0 Å². The van der Waals surface area contributed by atoms with Crippen molar-refractivity contribution < 1.29 is 0 Å². The highest BCUT2D eigenvalue weighted by atomic mass is 14.1. The zero-order valence-electron chi connectivity index (χ0n) is 8.07. The van der Waals surface area contributed by atoms with E-state index in [1.165, 1.54) is 12.8 Å². The summed E-state index contributed by atoms with van der Waals surface area (Å²) in [7, 11) is 0. The second-order valence-electron chi connectivity index (χ2n) is 4.54. The molecule has 0 saturated carbocycles. The molecule has 0 aliphatic rings. The van der Waals surface area contributed by atoms with E-state index in [9.17, 15) is 0 Å². The van der Waals surface area contributed by atoms with Crippen molar-refractivity contribution in [3.05, 3.63) is 6.42 Å². The van der Waals surface area contributed by atoms with Gasteiger partial charge in [0.1, 0.15) is 0 Å².